The van der Waals surface area contributed by atoms with Gasteiger partial charge in [-0.15, -0.1) is 0 Å². The smallest absolute Gasteiger partial charge is 0.271 e. The summed E-state index contributed by atoms with van der Waals surface area (Å²) in [7, 11) is 0. The second-order valence-electron chi connectivity index (χ2n) is 6.43. The molecule has 30 heavy (non-hydrogen) atoms. The molecule has 0 saturated carbocycles. The molecule has 3 aromatic rings. The molecule has 0 radical (unpaired) electrons. The topological polar surface area (TPSA) is 79.8 Å². The van der Waals surface area contributed by atoms with Crippen LogP contribution in [0.5, 0.6) is 5.75 Å². The van der Waals surface area contributed by atoms with Crippen molar-refractivity contribution in [1.29, 1.82) is 0 Å². The third-order valence-corrected chi connectivity index (χ3v) is 4.41. The second-order valence-corrected chi connectivity index (χ2v) is 6.86. The lowest BCUT2D eigenvalue weighted by Crippen LogP contribution is -2.20. The quantitative estimate of drug-likeness (QED) is 0.437. The Balaban J connectivity index is 1.47. The highest BCUT2D eigenvalue weighted by Crippen LogP contribution is 2.14. The summed E-state index contributed by atoms with van der Waals surface area (Å²) in [5.74, 6) is -0.0142. The van der Waals surface area contributed by atoms with Crippen LogP contribution in [0.2, 0.25) is 5.02 Å². The Bertz CT molecular complexity index is 1050. The lowest BCUT2D eigenvalue weighted by molar-refractivity contribution is -0.118. The summed E-state index contributed by atoms with van der Waals surface area (Å²) in [5.41, 5.74) is 5.43. The number of anilines is 1. The van der Waals surface area contributed by atoms with Gasteiger partial charge < -0.3 is 10.1 Å². The molecule has 0 unspecified atom stereocenters. The molecule has 0 heterocycles. The molecule has 3 rings (SSSR count). The van der Waals surface area contributed by atoms with Crippen LogP contribution in [0.25, 0.3) is 0 Å². The summed E-state index contributed by atoms with van der Waals surface area (Å²) in [5, 5.41) is 7.31. The number of halogens is 1. The van der Waals surface area contributed by atoms with Crippen molar-refractivity contribution in [2.24, 2.45) is 5.10 Å². The molecule has 7 heteroatoms. The molecule has 152 valence electrons. The van der Waals surface area contributed by atoms with E-state index >= 15 is 0 Å². The predicted molar refractivity (Wildman–Crippen MR) is 118 cm³/mol. The van der Waals surface area contributed by atoms with Crippen LogP contribution < -0.4 is 15.5 Å². The molecule has 6 nitrogen and oxygen atoms in total. The van der Waals surface area contributed by atoms with E-state index in [1.54, 1.807) is 48.5 Å². The van der Waals surface area contributed by atoms with Crippen molar-refractivity contribution in [1.82, 2.24) is 5.43 Å². The first kappa shape index (κ1) is 21.1. The van der Waals surface area contributed by atoms with Crippen LogP contribution >= 0.6 is 11.6 Å². The van der Waals surface area contributed by atoms with Gasteiger partial charge in [-0.25, -0.2) is 5.43 Å². The standard InChI is InChI=1S/C23H20ClN3O3/c1-16-4-2-3-5-21(16)26-22(28)15-30-20-12-6-17(7-13-20)14-25-27-23(29)18-8-10-19(24)11-9-18/h2-14H,15H2,1H3,(H,26,28)(H,27,29)/b25-14+. The van der Waals surface area contributed by atoms with Crippen LogP contribution in [0.1, 0.15) is 21.5 Å². The maximum Gasteiger partial charge on any atom is 0.271 e. The number of hydrazone groups is 1. The molecule has 0 aliphatic rings. The SMILES string of the molecule is Cc1ccccc1NC(=O)COc1ccc(/C=N/NC(=O)c2ccc(Cl)cc2)cc1. The van der Waals surface area contributed by atoms with Crippen molar-refractivity contribution in [2.45, 2.75) is 6.92 Å². The second kappa shape index (κ2) is 10.2. The van der Waals surface area contributed by atoms with Crippen molar-refractivity contribution in [3.63, 3.8) is 0 Å². The van der Waals surface area contributed by atoms with Gasteiger partial charge in [0.2, 0.25) is 0 Å². The highest BCUT2D eigenvalue weighted by molar-refractivity contribution is 6.30. The minimum Gasteiger partial charge on any atom is -0.484 e. The largest absolute Gasteiger partial charge is 0.484 e. The number of para-hydroxylation sites is 1. The van der Waals surface area contributed by atoms with Crippen LogP contribution in [-0.4, -0.2) is 24.6 Å². The number of aryl methyl sites for hydroxylation is 1. The molecular formula is C23H20ClN3O3. The maximum absolute atomic E-state index is 12.0. The van der Waals surface area contributed by atoms with Crippen molar-refractivity contribution in [2.75, 3.05) is 11.9 Å². The third-order valence-electron chi connectivity index (χ3n) is 4.16. The minimum absolute atomic E-state index is 0.0983. The summed E-state index contributed by atoms with van der Waals surface area (Å²) in [4.78, 5) is 24.0. The van der Waals surface area contributed by atoms with Crippen molar-refractivity contribution in [3.05, 3.63) is 94.5 Å². The van der Waals surface area contributed by atoms with Crippen LogP contribution in [-0.2, 0) is 4.79 Å². The molecule has 0 bridgehead atoms. The molecule has 2 N–H and O–H groups in total. The normalized spacial score (nSPS) is 10.6. The molecule has 3 aromatic carbocycles. The van der Waals surface area contributed by atoms with Crippen LogP contribution in [0, 0.1) is 6.92 Å². The van der Waals surface area contributed by atoms with E-state index < -0.39 is 0 Å². The average molecular weight is 422 g/mol. The van der Waals surface area contributed by atoms with Gasteiger partial charge in [-0.05, 0) is 72.6 Å². The zero-order chi connectivity index (χ0) is 21.3. The van der Waals surface area contributed by atoms with Gasteiger partial charge in [0, 0.05) is 16.3 Å². The zero-order valence-electron chi connectivity index (χ0n) is 16.3. The van der Waals surface area contributed by atoms with E-state index in [1.165, 1.54) is 6.21 Å². The minimum atomic E-state index is -0.331. The number of hydrogen-bond donors (Lipinski definition) is 2. The number of nitrogens with zero attached hydrogens (tertiary/aromatic N) is 1. The fourth-order valence-electron chi connectivity index (χ4n) is 2.53. The van der Waals surface area contributed by atoms with Gasteiger partial charge in [-0.3, -0.25) is 9.59 Å². The molecule has 0 aromatic heterocycles. The third kappa shape index (κ3) is 6.18. The Kier molecular flexibility index (Phi) is 7.19. The van der Waals surface area contributed by atoms with E-state index in [2.05, 4.69) is 15.8 Å². The van der Waals surface area contributed by atoms with Crippen LogP contribution in [0.4, 0.5) is 5.69 Å². The summed E-state index contributed by atoms with van der Waals surface area (Å²) < 4.78 is 5.51. The Morgan fingerprint density at radius 1 is 1.00 bits per heavy atom. The van der Waals surface area contributed by atoms with Gasteiger partial charge in [0.15, 0.2) is 6.61 Å². The highest BCUT2D eigenvalue weighted by Gasteiger charge is 2.06. The molecule has 0 saturated heterocycles. The average Bonchev–Trinajstić information content (AvgIpc) is 2.75. The number of amides is 2. The van der Waals surface area contributed by atoms with Gasteiger partial charge in [0.1, 0.15) is 5.75 Å². The van der Waals surface area contributed by atoms with E-state index in [0.717, 1.165) is 16.8 Å². The summed E-state index contributed by atoms with van der Waals surface area (Å²) in [6, 6.07) is 21.0. The molecule has 0 atom stereocenters. The Labute approximate surface area is 179 Å². The van der Waals surface area contributed by atoms with Gasteiger partial charge in [0.25, 0.3) is 11.8 Å². The predicted octanol–water partition coefficient (Wildman–Crippen LogP) is 4.43. The molecule has 0 spiro atoms. The number of carbonyl (C=O) groups is 2. The first-order valence-electron chi connectivity index (χ1n) is 9.18. The van der Waals surface area contributed by atoms with E-state index in [1.807, 2.05) is 31.2 Å². The lowest BCUT2D eigenvalue weighted by atomic mass is 10.2. The number of nitrogens with one attached hydrogen (secondary N) is 2. The van der Waals surface area contributed by atoms with E-state index in [-0.39, 0.29) is 18.4 Å². The van der Waals surface area contributed by atoms with Crippen LogP contribution in [0.3, 0.4) is 0 Å². The Morgan fingerprint density at radius 2 is 1.70 bits per heavy atom. The number of benzene rings is 3. The van der Waals surface area contributed by atoms with Crippen molar-refractivity contribution < 1.29 is 14.3 Å². The maximum atomic E-state index is 12.0. The van der Waals surface area contributed by atoms with Crippen molar-refractivity contribution in [3.8, 4) is 5.75 Å². The fourth-order valence-corrected chi connectivity index (χ4v) is 2.66. The summed E-state index contributed by atoms with van der Waals surface area (Å²) >= 11 is 5.80. The van der Waals surface area contributed by atoms with E-state index in [4.69, 9.17) is 16.3 Å². The van der Waals surface area contributed by atoms with Gasteiger partial charge in [0.05, 0.1) is 6.21 Å². The number of hydrogen-bond acceptors (Lipinski definition) is 4. The summed E-state index contributed by atoms with van der Waals surface area (Å²) in [6.45, 7) is 1.83. The van der Waals surface area contributed by atoms with E-state index in [9.17, 15) is 9.59 Å². The van der Waals surface area contributed by atoms with Gasteiger partial charge >= 0.3 is 0 Å². The highest BCUT2D eigenvalue weighted by atomic mass is 35.5. The van der Waals surface area contributed by atoms with Gasteiger partial charge in [-0.1, -0.05) is 29.8 Å². The molecule has 0 aliphatic heterocycles. The molecule has 2 amide bonds. The summed E-state index contributed by atoms with van der Waals surface area (Å²) in [6.07, 6.45) is 1.52. The monoisotopic (exact) mass is 421 g/mol. The van der Waals surface area contributed by atoms with Gasteiger partial charge in [-0.2, -0.15) is 5.10 Å². The van der Waals surface area contributed by atoms with Crippen LogP contribution in [0.15, 0.2) is 77.9 Å². The van der Waals surface area contributed by atoms with E-state index in [0.29, 0.717) is 16.3 Å². The molecule has 0 fully saturated rings. The van der Waals surface area contributed by atoms with Crippen molar-refractivity contribution >= 4 is 35.3 Å². The number of ether oxygens (including phenoxy) is 1. The Morgan fingerprint density at radius 3 is 2.40 bits per heavy atom. The Hall–Kier alpha value is -3.64. The number of rotatable bonds is 7. The molecular weight excluding hydrogens is 402 g/mol. The zero-order valence-corrected chi connectivity index (χ0v) is 17.0. The lowest BCUT2D eigenvalue weighted by Gasteiger charge is -2.09. The molecule has 0 aliphatic carbocycles. The fraction of sp³-hybridized carbons (Fsp3) is 0.0870. The first-order valence-corrected chi connectivity index (χ1v) is 9.56. The first-order chi connectivity index (χ1) is 14.5. The number of carbonyl (C=O) groups excluding carboxylic acids is 2.